The van der Waals surface area contributed by atoms with E-state index in [9.17, 15) is 13.0 Å². The number of benzene rings is 2. The van der Waals surface area contributed by atoms with Crippen LogP contribution in [0, 0.1) is 0 Å². The fourth-order valence-corrected chi connectivity index (χ4v) is 8.94. The highest BCUT2D eigenvalue weighted by molar-refractivity contribution is 7.96. The van der Waals surface area contributed by atoms with E-state index in [2.05, 4.69) is 4.49 Å². The summed E-state index contributed by atoms with van der Waals surface area (Å²) in [6.07, 6.45) is -1.80. The maximum absolute atomic E-state index is 14.1. The number of hydrogen-bond acceptors (Lipinski definition) is 9. The molecule has 0 aliphatic carbocycles. The molecule has 12 heteroatoms. The predicted octanol–water partition coefficient (Wildman–Crippen LogP) is 2.16. The molecule has 2 aromatic carbocycles. The molecule has 2 aromatic rings. The van der Waals surface area contributed by atoms with Crippen LogP contribution in [0.4, 0.5) is 0 Å². The Morgan fingerprint density at radius 1 is 0.917 bits per heavy atom. The van der Waals surface area contributed by atoms with Gasteiger partial charge in [0.2, 0.25) is 13.1 Å². The minimum absolute atomic E-state index is 0.0907. The molecular formula is C24H30NO9PS. The van der Waals surface area contributed by atoms with Crippen LogP contribution in [0.3, 0.4) is 0 Å². The van der Waals surface area contributed by atoms with Gasteiger partial charge in [0.25, 0.3) is 0 Å². The third-order valence-corrected chi connectivity index (χ3v) is 10.6. The lowest BCUT2D eigenvalue weighted by molar-refractivity contribution is -0.290. The van der Waals surface area contributed by atoms with E-state index in [-0.39, 0.29) is 6.61 Å². The van der Waals surface area contributed by atoms with Crippen LogP contribution < -0.4 is 15.1 Å². The van der Waals surface area contributed by atoms with Crippen molar-refractivity contribution in [2.45, 2.75) is 63.4 Å². The molecule has 3 aliphatic rings. The Kier molecular flexibility index (Phi) is 6.47. The number of ether oxygens (including phenoxy) is 5. The molecular weight excluding hydrogens is 509 g/mol. The van der Waals surface area contributed by atoms with Gasteiger partial charge in [0, 0.05) is 10.6 Å². The summed E-state index contributed by atoms with van der Waals surface area (Å²) >= 11 is 0. The van der Waals surface area contributed by atoms with Crippen LogP contribution in [0.25, 0.3) is 0 Å². The van der Waals surface area contributed by atoms with Gasteiger partial charge in [-0.15, -0.1) is 4.49 Å². The van der Waals surface area contributed by atoms with E-state index >= 15 is 0 Å². The molecule has 0 radical (unpaired) electrons. The number of hydrogen-bond donors (Lipinski definition) is 1. The lowest BCUT2D eigenvalue weighted by atomic mass is 9.98. The summed E-state index contributed by atoms with van der Waals surface area (Å²) in [4.78, 5) is 0. The Labute approximate surface area is 210 Å². The first-order valence-electron chi connectivity index (χ1n) is 11.6. The van der Waals surface area contributed by atoms with Crippen LogP contribution in [-0.2, 0) is 42.7 Å². The van der Waals surface area contributed by atoms with Gasteiger partial charge in [0.15, 0.2) is 11.6 Å². The molecule has 0 aromatic heterocycles. The molecule has 0 amide bonds. The van der Waals surface area contributed by atoms with E-state index in [4.69, 9.17) is 27.9 Å². The van der Waals surface area contributed by atoms with Crippen LogP contribution in [0.2, 0.25) is 0 Å². The van der Waals surface area contributed by atoms with Crippen molar-refractivity contribution in [1.29, 1.82) is 0 Å². The van der Waals surface area contributed by atoms with E-state index in [1.54, 1.807) is 88.4 Å². The highest BCUT2D eigenvalue weighted by Gasteiger charge is 2.66. The predicted molar refractivity (Wildman–Crippen MR) is 130 cm³/mol. The summed E-state index contributed by atoms with van der Waals surface area (Å²) in [5.74, 6) is -3.54. The Bertz CT molecular complexity index is 1210. The third-order valence-electron chi connectivity index (χ3n) is 6.17. The van der Waals surface area contributed by atoms with E-state index < -0.39 is 59.9 Å². The van der Waals surface area contributed by atoms with E-state index in [1.807, 2.05) is 0 Å². The molecule has 196 valence electrons. The highest BCUT2D eigenvalue weighted by atomic mass is 32.2. The van der Waals surface area contributed by atoms with Gasteiger partial charge in [0.1, 0.15) is 24.9 Å². The first kappa shape index (κ1) is 26.0. The smallest absolute Gasteiger partial charge is 0.342 e. The third kappa shape index (κ3) is 4.92. The van der Waals surface area contributed by atoms with Crippen LogP contribution in [-0.4, -0.2) is 57.3 Å². The number of rotatable bonds is 7. The molecule has 3 fully saturated rings. The summed E-state index contributed by atoms with van der Waals surface area (Å²) in [5, 5.41) is 0.632. The normalized spacial score (nSPS) is 31.1. The molecule has 10 nitrogen and oxygen atoms in total. The maximum atomic E-state index is 14.1. The standard InChI is InChI=1S/C24H30NO9PS/c1-22(2)31-19-15-29-24(21(20(19)32-22)33-23(3,4)34-24)16-30-36(27,28)25-35(26,17-11-7-5-8-12-17)18-13-9-6-10-14-18/h5-14,19-21H,15-16H2,1-4H3,(H,25,26)/t19-,20-,21+,24+/m1/s1. The first-order valence-corrected chi connectivity index (χ1v) is 14.7. The van der Waals surface area contributed by atoms with Crippen molar-refractivity contribution in [3.05, 3.63) is 60.7 Å². The highest BCUT2D eigenvalue weighted by Crippen LogP contribution is 2.48. The molecule has 0 saturated carbocycles. The quantitative estimate of drug-likeness (QED) is 0.528. The van der Waals surface area contributed by atoms with Crippen molar-refractivity contribution in [2.75, 3.05) is 13.2 Å². The second kappa shape index (κ2) is 8.97. The lowest BCUT2D eigenvalue weighted by Crippen LogP contribution is -2.60. The van der Waals surface area contributed by atoms with Crippen LogP contribution >= 0.6 is 7.29 Å². The molecule has 0 unspecified atom stereocenters. The average molecular weight is 540 g/mol. The van der Waals surface area contributed by atoms with E-state index in [0.29, 0.717) is 10.6 Å². The van der Waals surface area contributed by atoms with Crippen molar-refractivity contribution >= 4 is 28.2 Å². The monoisotopic (exact) mass is 539 g/mol. The maximum Gasteiger partial charge on any atom is 0.342 e. The van der Waals surface area contributed by atoms with Crippen molar-refractivity contribution in [2.24, 2.45) is 0 Å². The molecule has 4 atom stereocenters. The van der Waals surface area contributed by atoms with Gasteiger partial charge in [-0.2, -0.15) is 8.42 Å². The SMILES string of the molecule is CC1(C)O[C@@H]2[C@@H](CO[C@@]3(COS(=O)(=O)NP(=O)(c4ccccc4)c4ccccc4)OC(C)(C)O[C@@H]23)O1. The van der Waals surface area contributed by atoms with Crippen molar-refractivity contribution in [3.63, 3.8) is 0 Å². The Morgan fingerprint density at radius 3 is 2.08 bits per heavy atom. The average Bonchev–Trinajstić information content (AvgIpc) is 3.30. The molecule has 0 spiro atoms. The summed E-state index contributed by atoms with van der Waals surface area (Å²) < 4.78 is 78.2. The molecule has 3 saturated heterocycles. The van der Waals surface area contributed by atoms with Gasteiger partial charge in [-0.3, -0.25) is 8.75 Å². The van der Waals surface area contributed by atoms with Crippen molar-refractivity contribution in [1.82, 2.24) is 4.49 Å². The molecule has 3 aliphatic heterocycles. The Balaban J connectivity index is 1.40. The zero-order valence-electron chi connectivity index (χ0n) is 20.4. The Morgan fingerprint density at radius 2 is 1.50 bits per heavy atom. The Hall–Kier alpha value is -1.66. The summed E-state index contributed by atoms with van der Waals surface area (Å²) in [5.41, 5.74) is 0. The van der Waals surface area contributed by atoms with Crippen molar-refractivity contribution < 1.29 is 40.9 Å². The first-order chi connectivity index (χ1) is 16.8. The van der Waals surface area contributed by atoms with E-state index in [1.165, 1.54) is 0 Å². The topological polar surface area (TPSA) is 119 Å². The van der Waals surface area contributed by atoms with Crippen LogP contribution in [0.1, 0.15) is 27.7 Å². The van der Waals surface area contributed by atoms with E-state index in [0.717, 1.165) is 0 Å². The van der Waals surface area contributed by atoms with Gasteiger partial charge >= 0.3 is 10.3 Å². The molecule has 5 rings (SSSR count). The number of nitrogens with one attached hydrogen (secondary N) is 1. The molecule has 0 bridgehead atoms. The fourth-order valence-electron chi connectivity index (χ4n) is 4.82. The second-order valence-electron chi connectivity index (χ2n) is 9.89. The molecule has 1 N–H and O–H groups in total. The molecule has 36 heavy (non-hydrogen) atoms. The van der Waals surface area contributed by atoms with Gasteiger partial charge < -0.3 is 23.7 Å². The zero-order valence-corrected chi connectivity index (χ0v) is 22.2. The minimum Gasteiger partial charge on any atom is -0.343 e. The van der Waals surface area contributed by atoms with Crippen LogP contribution in [0.15, 0.2) is 60.7 Å². The summed E-state index contributed by atoms with van der Waals surface area (Å²) in [7, 11) is -8.39. The van der Waals surface area contributed by atoms with Gasteiger partial charge in [0.05, 0.1) is 6.61 Å². The fraction of sp³-hybridized carbons (Fsp3) is 0.500. The van der Waals surface area contributed by atoms with Gasteiger partial charge in [-0.05, 0) is 52.0 Å². The van der Waals surface area contributed by atoms with Gasteiger partial charge in [-0.1, -0.05) is 36.4 Å². The largest absolute Gasteiger partial charge is 0.343 e. The molecule has 3 heterocycles. The summed E-state index contributed by atoms with van der Waals surface area (Å²) in [6, 6.07) is 16.7. The lowest BCUT2D eigenvalue weighted by Gasteiger charge is -2.40. The summed E-state index contributed by atoms with van der Waals surface area (Å²) in [6.45, 7) is 6.49. The number of fused-ring (bicyclic) bond motifs is 3. The van der Waals surface area contributed by atoms with Gasteiger partial charge in [-0.25, -0.2) is 0 Å². The zero-order chi connectivity index (χ0) is 25.8. The second-order valence-corrected chi connectivity index (χ2v) is 14.0. The van der Waals surface area contributed by atoms with Crippen LogP contribution in [0.5, 0.6) is 0 Å². The minimum atomic E-state index is -4.56. The van der Waals surface area contributed by atoms with Crippen molar-refractivity contribution in [3.8, 4) is 0 Å².